The summed E-state index contributed by atoms with van der Waals surface area (Å²) in [5, 5.41) is 2.59. The van der Waals surface area contributed by atoms with E-state index in [4.69, 9.17) is 4.74 Å². The second-order valence-electron chi connectivity index (χ2n) is 4.45. The van der Waals surface area contributed by atoms with Gasteiger partial charge in [-0.05, 0) is 32.9 Å². The molecule has 0 aliphatic rings. The minimum atomic E-state index is -1.09. The molecule has 1 amide bonds. The fourth-order valence-electron chi connectivity index (χ4n) is 1.18. The Labute approximate surface area is 107 Å². The Morgan fingerprint density at radius 3 is 2.67 bits per heavy atom. The van der Waals surface area contributed by atoms with E-state index in [1.54, 1.807) is 20.0 Å². The SMILES string of the molecule is CC(=O)C(C)(C)OC(=O)NCCc1ccccn1. The summed E-state index contributed by atoms with van der Waals surface area (Å²) in [7, 11) is 0. The number of hydrogen-bond acceptors (Lipinski definition) is 4. The molecule has 5 nitrogen and oxygen atoms in total. The molecule has 0 aliphatic carbocycles. The molecule has 0 atom stereocenters. The highest BCUT2D eigenvalue weighted by atomic mass is 16.6. The van der Waals surface area contributed by atoms with Gasteiger partial charge < -0.3 is 10.1 Å². The number of nitrogens with one attached hydrogen (secondary N) is 1. The van der Waals surface area contributed by atoms with Crippen LogP contribution in [0.15, 0.2) is 24.4 Å². The molecule has 5 heteroatoms. The zero-order valence-electron chi connectivity index (χ0n) is 10.9. The zero-order chi connectivity index (χ0) is 13.6. The molecule has 0 spiro atoms. The number of carbonyl (C=O) groups excluding carboxylic acids is 2. The van der Waals surface area contributed by atoms with E-state index in [0.29, 0.717) is 13.0 Å². The van der Waals surface area contributed by atoms with Gasteiger partial charge in [-0.3, -0.25) is 9.78 Å². The Kier molecular flexibility index (Phi) is 4.83. The lowest BCUT2D eigenvalue weighted by Gasteiger charge is -2.21. The second kappa shape index (κ2) is 6.14. The lowest BCUT2D eigenvalue weighted by atomic mass is 10.1. The first-order valence-corrected chi connectivity index (χ1v) is 5.79. The van der Waals surface area contributed by atoms with Crippen molar-refractivity contribution >= 4 is 11.9 Å². The first kappa shape index (κ1) is 14.2. The van der Waals surface area contributed by atoms with Crippen LogP contribution < -0.4 is 5.32 Å². The van der Waals surface area contributed by atoms with Crippen molar-refractivity contribution in [2.75, 3.05) is 6.54 Å². The smallest absolute Gasteiger partial charge is 0.408 e. The van der Waals surface area contributed by atoms with Gasteiger partial charge in [0.2, 0.25) is 0 Å². The number of ketones is 1. The van der Waals surface area contributed by atoms with Crippen LogP contribution in [0.4, 0.5) is 4.79 Å². The number of amides is 1. The minimum Gasteiger partial charge on any atom is -0.436 e. The lowest BCUT2D eigenvalue weighted by Crippen LogP contribution is -2.40. The Hall–Kier alpha value is -1.91. The predicted molar refractivity (Wildman–Crippen MR) is 67.2 cm³/mol. The molecule has 0 aliphatic heterocycles. The van der Waals surface area contributed by atoms with E-state index >= 15 is 0 Å². The van der Waals surface area contributed by atoms with Gasteiger partial charge in [0.25, 0.3) is 0 Å². The van der Waals surface area contributed by atoms with Gasteiger partial charge in [0.05, 0.1) is 0 Å². The molecule has 98 valence electrons. The summed E-state index contributed by atoms with van der Waals surface area (Å²) in [4.78, 5) is 26.8. The van der Waals surface area contributed by atoms with E-state index in [-0.39, 0.29) is 5.78 Å². The first-order valence-electron chi connectivity index (χ1n) is 5.79. The van der Waals surface area contributed by atoms with Crippen LogP contribution in [0, 0.1) is 0 Å². The highest BCUT2D eigenvalue weighted by Crippen LogP contribution is 2.10. The number of carbonyl (C=O) groups is 2. The van der Waals surface area contributed by atoms with Gasteiger partial charge in [0, 0.05) is 24.9 Å². The predicted octanol–water partition coefficient (Wildman–Crippen LogP) is 1.72. The second-order valence-corrected chi connectivity index (χ2v) is 4.45. The molecule has 1 aromatic heterocycles. The van der Waals surface area contributed by atoms with Crippen LogP contribution in [-0.4, -0.2) is 29.0 Å². The summed E-state index contributed by atoms with van der Waals surface area (Å²) in [5.41, 5.74) is -0.196. The molecule has 18 heavy (non-hydrogen) atoms. The van der Waals surface area contributed by atoms with Crippen LogP contribution in [0.3, 0.4) is 0 Å². The molecule has 1 N–H and O–H groups in total. The number of hydrogen-bond donors (Lipinski definition) is 1. The fourth-order valence-corrected chi connectivity index (χ4v) is 1.18. The Morgan fingerprint density at radius 1 is 1.39 bits per heavy atom. The number of ether oxygens (including phenoxy) is 1. The van der Waals surface area contributed by atoms with Gasteiger partial charge in [-0.1, -0.05) is 6.07 Å². The van der Waals surface area contributed by atoms with Crippen LogP contribution in [0.5, 0.6) is 0 Å². The Balaban J connectivity index is 2.32. The van der Waals surface area contributed by atoms with Crippen LogP contribution in [-0.2, 0) is 16.0 Å². The van der Waals surface area contributed by atoms with E-state index in [1.807, 2.05) is 18.2 Å². The molecule has 1 rings (SSSR count). The molecule has 0 unspecified atom stereocenters. The molecule has 0 fully saturated rings. The molecule has 0 saturated heterocycles. The topological polar surface area (TPSA) is 68.3 Å². The molecular weight excluding hydrogens is 232 g/mol. The van der Waals surface area contributed by atoms with Gasteiger partial charge in [0.1, 0.15) is 0 Å². The maximum absolute atomic E-state index is 11.4. The Bertz CT molecular complexity index is 416. The van der Waals surface area contributed by atoms with E-state index in [9.17, 15) is 9.59 Å². The molecule has 1 heterocycles. The van der Waals surface area contributed by atoms with Gasteiger partial charge >= 0.3 is 6.09 Å². The van der Waals surface area contributed by atoms with E-state index in [0.717, 1.165) is 5.69 Å². The number of alkyl carbamates (subject to hydrolysis) is 1. The minimum absolute atomic E-state index is 0.192. The van der Waals surface area contributed by atoms with E-state index < -0.39 is 11.7 Å². The summed E-state index contributed by atoms with van der Waals surface area (Å²) >= 11 is 0. The molecular formula is C13H18N2O3. The van der Waals surface area contributed by atoms with Crippen LogP contribution in [0.2, 0.25) is 0 Å². The van der Waals surface area contributed by atoms with Crippen molar-refractivity contribution in [2.24, 2.45) is 0 Å². The number of rotatable bonds is 5. The lowest BCUT2D eigenvalue weighted by molar-refractivity contribution is -0.132. The average Bonchev–Trinajstić information content (AvgIpc) is 2.29. The largest absolute Gasteiger partial charge is 0.436 e. The highest BCUT2D eigenvalue weighted by Gasteiger charge is 2.27. The van der Waals surface area contributed by atoms with Crippen molar-refractivity contribution in [1.29, 1.82) is 0 Å². The third-order valence-electron chi connectivity index (χ3n) is 2.57. The summed E-state index contributed by atoms with van der Waals surface area (Å²) in [6.45, 7) is 4.94. The average molecular weight is 250 g/mol. The number of Topliss-reactive ketones (excluding diaryl/α,β-unsaturated/α-hetero) is 1. The highest BCUT2D eigenvalue weighted by molar-refractivity contribution is 5.86. The summed E-state index contributed by atoms with van der Waals surface area (Å²) in [6.07, 6.45) is 1.73. The monoisotopic (exact) mass is 250 g/mol. The third-order valence-corrected chi connectivity index (χ3v) is 2.57. The van der Waals surface area contributed by atoms with Gasteiger partial charge in [-0.25, -0.2) is 4.79 Å². The summed E-state index contributed by atoms with van der Waals surface area (Å²) < 4.78 is 5.02. The van der Waals surface area contributed by atoms with Crippen molar-refractivity contribution < 1.29 is 14.3 Å². The van der Waals surface area contributed by atoms with Crippen molar-refractivity contribution in [3.05, 3.63) is 30.1 Å². The van der Waals surface area contributed by atoms with Crippen LogP contribution >= 0.6 is 0 Å². The molecule has 1 aromatic rings. The van der Waals surface area contributed by atoms with Gasteiger partial charge in [-0.2, -0.15) is 0 Å². The summed E-state index contributed by atoms with van der Waals surface area (Å²) in [5.74, 6) is -0.192. The van der Waals surface area contributed by atoms with E-state index in [1.165, 1.54) is 6.92 Å². The van der Waals surface area contributed by atoms with Crippen molar-refractivity contribution in [3.63, 3.8) is 0 Å². The van der Waals surface area contributed by atoms with Crippen LogP contribution in [0.25, 0.3) is 0 Å². The number of aromatic nitrogens is 1. The third kappa shape index (κ3) is 4.53. The number of nitrogens with zero attached hydrogens (tertiary/aromatic N) is 1. The first-order chi connectivity index (χ1) is 8.42. The van der Waals surface area contributed by atoms with Gasteiger partial charge in [0.15, 0.2) is 11.4 Å². The standard InChI is InChI=1S/C13H18N2O3/c1-10(16)13(2,3)18-12(17)15-9-7-11-6-4-5-8-14-11/h4-6,8H,7,9H2,1-3H3,(H,15,17). The van der Waals surface area contributed by atoms with E-state index in [2.05, 4.69) is 10.3 Å². The maximum atomic E-state index is 11.4. The van der Waals surface area contributed by atoms with Crippen molar-refractivity contribution in [2.45, 2.75) is 32.8 Å². The van der Waals surface area contributed by atoms with Gasteiger partial charge in [-0.15, -0.1) is 0 Å². The molecule has 0 aromatic carbocycles. The van der Waals surface area contributed by atoms with Crippen molar-refractivity contribution in [1.82, 2.24) is 10.3 Å². The molecule has 0 radical (unpaired) electrons. The van der Waals surface area contributed by atoms with Crippen molar-refractivity contribution in [3.8, 4) is 0 Å². The van der Waals surface area contributed by atoms with Crippen LogP contribution in [0.1, 0.15) is 26.5 Å². The zero-order valence-corrected chi connectivity index (χ0v) is 10.9. The summed E-state index contributed by atoms with van der Waals surface area (Å²) in [6, 6.07) is 5.60. The Morgan fingerprint density at radius 2 is 2.11 bits per heavy atom. The normalized spacial score (nSPS) is 10.8. The maximum Gasteiger partial charge on any atom is 0.408 e. The fraction of sp³-hybridized carbons (Fsp3) is 0.462. The molecule has 0 saturated carbocycles. The quantitative estimate of drug-likeness (QED) is 0.864. The molecule has 0 bridgehead atoms. The number of pyridine rings is 1.